The predicted octanol–water partition coefficient (Wildman–Crippen LogP) is 0.984. The Balaban J connectivity index is 1.57. The summed E-state index contributed by atoms with van der Waals surface area (Å²) in [6.45, 7) is 4.93. The molecule has 116 valence electrons. The van der Waals surface area contributed by atoms with E-state index in [1.165, 1.54) is 4.68 Å². The van der Waals surface area contributed by atoms with Crippen LogP contribution < -0.4 is 4.90 Å². The van der Waals surface area contributed by atoms with Crippen LogP contribution in [0.5, 0.6) is 0 Å². The van der Waals surface area contributed by atoms with Gasteiger partial charge in [0, 0.05) is 36.9 Å². The molecule has 0 spiro atoms. The molecule has 0 atom stereocenters. The number of tetrazole rings is 1. The summed E-state index contributed by atoms with van der Waals surface area (Å²) < 4.78 is 1.52. The first-order valence-electron chi connectivity index (χ1n) is 7.14. The van der Waals surface area contributed by atoms with Crippen molar-refractivity contribution in [3.63, 3.8) is 0 Å². The van der Waals surface area contributed by atoms with Gasteiger partial charge in [-0.1, -0.05) is 17.7 Å². The van der Waals surface area contributed by atoms with Crippen LogP contribution in [-0.4, -0.2) is 57.2 Å². The number of nitrogens with zero attached hydrogens (tertiary/aromatic N) is 6. The molecule has 2 heterocycles. The molecule has 1 aliphatic heterocycles. The Morgan fingerprint density at radius 2 is 2.05 bits per heavy atom. The van der Waals surface area contributed by atoms with Gasteiger partial charge in [-0.15, -0.1) is 5.10 Å². The average Bonchev–Trinajstić information content (AvgIpc) is 2.92. The third-order valence-electron chi connectivity index (χ3n) is 3.80. The third kappa shape index (κ3) is 3.19. The highest BCUT2D eigenvalue weighted by Crippen LogP contribution is 2.20. The highest BCUT2D eigenvalue weighted by atomic mass is 35.5. The molecular formula is C14H17ClN6O. The first kappa shape index (κ1) is 14.8. The molecule has 8 heteroatoms. The summed E-state index contributed by atoms with van der Waals surface area (Å²) in [5.41, 5.74) is 1.09. The summed E-state index contributed by atoms with van der Waals surface area (Å²) in [7, 11) is 0. The average molecular weight is 321 g/mol. The fraction of sp³-hybridized carbons (Fsp3) is 0.429. The Labute approximate surface area is 133 Å². The van der Waals surface area contributed by atoms with Gasteiger partial charge in [0.1, 0.15) is 12.4 Å². The molecule has 0 saturated carbocycles. The van der Waals surface area contributed by atoms with Crippen LogP contribution in [-0.2, 0) is 11.3 Å². The number of aromatic nitrogens is 4. The standard InChI is InChI=1S/C14H17ClN6O/c1-11-16-17-18-21(11)10-14(22)20-7-5-19(6-8-20)13-4-2-3-12(15)9-13/h2-4,9H,5-8,10H2,1H3. The normalized spacial score (nSPS) is 15.2. The minimum Gasteiger partial charge on any atom is -0.368 e. The number of aryl methyl sites for hydroxylation is 1. The monoisotopic (exact) mass is 320 g/mol. The molecule has 1 aliphatic rings. The first-order chi connectivity index (χ1) is 10.6. The summed E-state index contributed by atoms with van der Waals surface area (Å²) in [5, 5.41) is 11.9. The van der Waals surface area contributed by atoms with Crippen molar-refractivity contribution in [1.82, 2.24) is 25.1 Å². The lowest BCUT2D eigenvalue weighted by Crippen LogP contribution is -2.49. The van der Waals surface area contributed by atoms with Crippen LogP contribution >= 0.6 is 11.6 Å². The fourth-order valence-electron chi connectivity index (χ4n) is 2.51. The van der Waals surface area contributed by atoms with Crippen molar-refractivity contribution in [1.29, 1.82) is 0 Å². The molecule has 22 heavy (non-hydrogen) atoms. The summed E-state index contributed by atoms with van der Waals surface area (Å²) >= 11 is 6.02. The van der Waals surface area contributed by atoms with Crippen molar-refractivity contribution in [2.75, 3.05) is 31.1 Å². The van der Waals surface area contributed by atoms with Crippen LogP contribution in [0.25, 0.3) is 0 Å². The molecule has 0 aliphatic carbocycles. The molecule has 1 aromatic carbocycles. The molecule has 3 rings (SSSR count). The van der Waals surface area contributed by atoms with E-state index in [0.29, 0.717) is 18.9 Å². The summed E-state index contributed by atoms with van der Waals surface area (Å²) in [6, 6.07) is 7.78. The number of piperazine rings is 1. The van der Waals surface area contributed by atoms with E-state index < -0.39 is 0 Å². The van der Waals surface area contributed by atoms with Crippen molar-refractivity contribution in [2.24, 2.45) is 0 Å². The molecule has 1 saturated heterocycles. The van der Waals surface area contributed by atoms with Crippen molar-refractivity contribution in [3.05, 3.63) is 35.1 Å². The second-order valence-electron chi connectivity index (χ2n) is 5.23. The quantitative estimate of drug-likeness (QED) is 0.843. The maximum atomic E-state index is 12.3. The number of hydrogen-bond donors (Lipinski definition) is 0. The van der Waals surface area contributed by atoms with E-state index in [1.54, 1.807) is 6.92 Å². The molecular weight excluding hydrogens is 304 g/mol. The number of halogens is 1. The molecule has 0 unspecified atom stereocenters. The van der Waals surface area contributed by atoms with Crippen molar-refractivity contribution < 1.29 is 4.79 Å². The van der Waals surface area contributed by atoms with Crippen LogP contribution in [0.1, 0.15) is 5.82 Å². The second-order valence-corrected chi connectivity index (χ2v) is 5.67. The zero-order chi connectivity index (χ0) is 15.5. The Hall–Kier alpha value is -2.15. The number of hydrogen-bond acceptors (Lipinski definition) is 5. The maximum Gasteiger partial charge on any atom is 0.244 e. The maximum absolute atomic E-state index is 12.3. The van der Waals surface area contributed by atoms with Crippen molar-refractivity contribution in [2.45, 2.75) is 13.5 Å². The SMILES string of the molecule is Cc1nnnn1CC(=O)N1CCN(c2cccc(Cl)c2)CC1. The van der Waals surface area contributed by atoms with Crippen LogP contribution in [0.3, 0.4) is 0 Å². The zero-order valence-corrected chi connectivity index (χ0v) is 13.1. The smallest absolute Gasteiger partial charge is 0.244 e. The van der Waals surface area contributed by atoms with Gasteiger partial charge in [0.15, 0.2) is 0 Å². The van der Waals surface area contributed by atoms with E-state index in [2.05, 4.69) is 20.4 Å². The number of amides is 1. The number of anilines is 1. The van der Waals surface area contributed by atoms with Gasteiger partial charge >= 0.3 is 0 Å². The Morgan fingerprint density at radius 3 is 2.68 bits per heavy atom. The highest BCUT2D eigenvalue weighted by Gasteiger charge is 2.22. The minimum absolute atomic E-state index is 0.0427. The van der Waals surface area contributed by atoms with Gasteiger partial charge in [0.05, 0.1) is 0 Å². The Morgan fingerprint density at radius 1 is 1.27 bits per heavy atom. The van der Waals surface area contributed by atoms with E-state index in [0.717, 1.165) is 23.8 Å². The van der Waals surface area contributed by atoms with Gasteiger partial charge in [-0.25, -0.2) is 4.68 Å². The number of carbonyl (C=O) groups is 1. The van der Waals surface area contributed by atoms with Crippen LogP contribution in [0, 0.1) is 6.92 Å². The minimum atomic E-state index is 0.0427. The molecule has 1 fully saturated rings. The van der Waals surface area contributed by atoms with Gasteiger partial charge in [-0.3, -0.25) is 4.79 Å². The first-order valence-corrected chi connectivity index (χ1v) is 7.52. The molecule has 7 nitrogen and oxygen atoms in total. The van der Waals surface area contributed by atoms with E-state index >= 15 is 0 Å². The van der Waals surface area contributed by atoms with Crippen molar-refractivity contribution in [3.8, 4) is 0 Å². The second kappa shape index (κ2) is 6.31. The fourth-order valence-corrected chi connectivity index (χ4v) is 2.69. The Bertz CT molecular complexity index is 665. The molecule has 0 N–H and O–H groups in total. The summed E-state index contributed by atoms with van der Waals surface area (Å²) in [5.74, 6) is 0.687. The topological polar surface area (TPSA) is 67.2 Å². The zero-order valence-electron chi connectivity index (χ0n) is 12.3. The van der Waals surface area contributed by atoms with Gasteiger partial charge in [-0.05, 0) is 35.5 Å². The Kier molecular flexibility index (Phi) is 4.24. The van der Waals surface area contributed by atoms with Gasteiger partial charge in [-0.2, -0.15) is 0 Å². The van der Waals surface area contributed by atoms with E-state index in [1.807, 2.05) is 29.2 Å². The van der Waals surface area contributed by atoms with E-state index in [4.69, 9.17) is 11.6 Å². The van der Waals surface area contributed by atoms with Crippen LogP contribution in [0.15, 0.2) is 24.3 Å². The summed E-state index contributed by atoms with van der Waals surface area (Å²) in [6.07, 6.45) is 0. The molecule has 1 aromatic heterocycles. The summed E-state index contributed by atoms with van der Waals surface area (Å²) in [4.78, 5) is 16.4. The highest BCUT2D eigenvalue weighted by molar-refractivity contribution is 6.30. The van der Waals surface area contributed by atoms with Gasteiger partial charge in [0.2, 0.25) is 5.91 Å². The van der Waals surface area contributed by atoms with E-state index in [9.17, 15) is 4.79 Å². The lowest BCUT2D eigenvalue weighted by atomic mass is 10.2. The predicted molar refractivity (Wildman–Crippen MR) is 82.8 cm³/mol. The van der Waals surface area contributed by atoms with E-state index in [-0.39, 0.29) is 12.5 Å². The van der Waals surface area contributed by atoms with Crippen molar-refractivity contribution >= 4 is 23.2 Å². The lowest BCUT2D eigenvalue weighted by molar-refractivity contribution is -0.132. The third-order valence-corrected chi connectivity index (χ3v) is 4.04. The van der Waals surface area contributed by atoms with Crippen LogP contribution in [0.4, 0.5) is 5.69 Å². The van der Waals surface area contributed by atoms with Crippen LogP contribution in [0.2, 0.25) is 5.02 Å². The number of carbonyl (C=O) groups excluding carboxylic acids is 1. The lowest BCUT2D eigenvalue weighted by Gasteiger charge is -2.36. The number of rotatable bonds is 3. The largest absolute Gasteiger partial charge is 0.368 e. The molecule has 0 radical (unpaired) electrons. The molecule has 1 amide bonds. The van der Waals surface area contributed by atoms with Gasteiger partial charge < -0.3 is 9.80 Å². The molecule has 2 aromatic rings. The number of benzene rings is 1. The molecule has 0 bridgehead atoms. The van der Waals surface area contributed by atoms with Gasteiger partial charge in [0.25, 0.3) is 0 Å².